The van der Waals surface area contributed by atoms with Gasteiger partial charge in [-0.1, -0.05) is 0 Å². The van der Waals surface area contributed by atoms with Crippen molar-refractivity contribution in [2.24, 2.45) is 0 Å². The molecule has 7 heteroatoms. The summed E-state index contributed by atoms with van der Waals surface area (Å²) in [5, 5.41) is 2.91. The predicted octanol–water partition coefficient (Wildman–Crippen LogP) is -1.95. The number of carbonyl (C=O) groups is 1. The second-order valence-electron chi connectivity index (χ2n) is 2.81. The Morgan fingerprint density at radius 3 is 2.62 bits per heavy atom. The van der Waals surface area contributed by atoms with Gasteiger partial charge in [0.25, 0.3) is 0 Å². The fraction of sp³-hybridized carbons (Fsp3) is 0.833. The Labute approximate surface area is 76.7 Å². The number of hydrogen-bond donors (Lipinski definition) is 2. The number of hydrogen-bond acceptors (Lipinski definition) is 5. The minimum atomic E-state index is -3.52. The van der Waals surface area contributed by atoms with Gasteiger partial charge < -0.3 is 10.1 Å². The van der Waals surface area contributed by atoms with Gasteiger partial charge in [0.1, 0.15) is 0 Å². The van der Waals surface area contributed by atoms with Gasteiger partial charge in [-0.2, -0.15) is 0 Å². The molecule has 0 atom stereocenters. The maximum atomic E-state index is 11.2. The lowest BCUT2D eigenvalue weighted by molar-refractivity contribution is -0.137. The average molecular weight is 208 g/mol. The van der Waals surface area contributed by atoms with E-state index in [4.69, 9.17) is 0 Å². The second kappa shape index (κ2) is 4.03. The van der Waals surface area contributed by atoms with Gasteiger partial charge in [0, 0.05) is 19.1 Å². The molecule has 1 rings (SSSR count). The Hall–Kier alpha value is -0.660. The van der Waals surface area contributed by atoms with Crippen molar-refractivity contribution in [3.05, 3.63) is 0 Å². The number of rotatable bonds is 4. The summed E-state index contributed by atoms with van der Waals surface area (Å²) in [5.74, 6) is -1.36. The van der Waals surface area contributed by atoms with Crippen LogP contribution in [0.4, 0.5) is 0 Å². The van der Waals surface area contributed by atoms with Crippen molar-refractivity contribution in [3.8, 4) is 0 Å². The third kappa shape index (κ3) is 3.29. The van der Waals surface area contributed by atoms with E-state index in [9.17, 15) is 13.2 Å². The van der Waals surface area contributed by atoms with E-state index in [-0.39, 0.29) is 6.04 Å². The monoisotopic (exact) mass is 208 g/mol. The number of sulfonamides is 1. The summed E-state index contributed by atoms with van der Waals surface area (Å²) in [6, 6.07) is -0.0883. The summed E-state index contributed by atoms with van der Waals surface area (Å²) in [6.45, 7) is 1.22. The Morgan fingerprint density at radius 1 is 1.62 bits per heavy atom. The van der Waals surface area contributed by atoms with Crippen molar-refractivity contribution in [1.29, 1.82) is 0 Å². The van der Waals surface area contributed by atoms with Crippen LogP contribution in [0.5, 0.6) is 0 Å². The molecule has 1 heterocycles. The van der Waals surface area contributed by atoms with Gasteiger partial charge in [0.15, 0.2) is 5.75 Å². The molecule has 6 nitrogen and oxygen atoms in total. The van der Waals surface area contributed by atoms with Crippen LogP contribution in [-0.4, -0.2) is 46.4 Å². The van der Waals surface area contributed by atoms with Gasteiger partial charge >= 0.3 is 5.97 Å². The van der Waals surface area contributed by atoms with E-state index in [0.29, 0.717) is 13.1 Å². The second-order valence-corrected chi connectivity index (χ2v) is 4.56. The van der Waals surface area contributed by atoms with Crippen LogP contribution in [0.1, 0.15) is 0 Å². The van der Waals surface area contributed by atoms with Crippen molar-refractivity contribution in [2.75, 3.05) is 26.0 Å². The molecule has 0 amide bonds. The molecule has 0 aromatic carbocycles. The number of nitrogens with one attached hydrogen (secondary N) is 2. The number of methoxy groups -OCH3 is 1. The first-order valence-corrected chi connectivity index (χ1v) is 5.46. The molecule has 0 aliphatic carbocycles. The first kappa shape index (κ1) is 10.4. The fourth-order valence-electron chi connectivity index (χ4n) is 0.882. The Balaban J connectivity index is 2.40. The zero-order chi connectivity index (χ0) is 9.90. The summed E-state index contributed by atoms with van der Waals surface area (Å²) in [6.07, 6.45) is 0. The zero-order valence-electron chi connectivity index (χ0n) is 7.24. The molecule has 0 bridgehead atoms. The molecule has 13 heavy (non-hydrogen) atoms. The summed E-state index contributed by atoms with van der Waals surface area (Å²) in [5.41, 5.74) is 0. The molecule has 1 saturated heterocycles. The quantitative estimate of drug-likeness (QED) is 0.525. The lowest BCUT2D eigenvalue weighted by Crippen LogP contribution is -2.57. The van der Waals surface area contributed by atoms with Gasteiger partial charge in [0.05, 0.1) is 7.11 Å². The molecule has 0 aromatic heterocycles. The summed E-state index contributed by atoms with van der Waals surface area (Å²) >= 11 is 0. The van der Waals surface area contributed by atoms with Crippen molar-refractivity contribution < 1.29 is 17.9 Å². The predicted molar refractivity (Wildman–Crippen MR) is 45.6 cm³/mol. The summed E-state index contributed by atoms with van der Waals surface area (Å²) in [4.78, 5) is 10.7. The van der Waals surface area contributed by atoms with Crippen LogP contribution in [0, 0.1) is 0 Å². The highest BCUT2D eigenvalue weighted by molar-refractivity contribution is 7.90. The smallest absolute Gasteiger partial charge is 0.322 e. The highest BCUT2D eigenvalue weighted by Gasteiger charge is 2.24. The van der Waals surface area contributed by atoms with E-state index in [1.54, 1.807) is 0 Å². The lowest BCUT2D eigenvalue weighted by Gasteiger charge is -2.27. The van der Waals surface area contributed by atoms with Gasteiger partial charge in [-0.15, -0.1) is 0 Å². The highest BCUT2D eigenvalue weighted by atomic mass is 32.2. The molecular formula is C6H12N2O4S. The highest BCUT2D eigenvalue weighted by Crippen LogP contribution is 1.95. The first-order chi connectivity index (χ1) is 6.03. The average Bonchev–Trinajstić information content (AvgIpc) is 1.96. The van der Waals surface area contributed by atoms with Gasteiger partial charge in [-0.25, -0.2) is 13.1 Å². The van der Waals surface area contributed by atoms with Crippen LogP contribution in [0.2, 0.25) is 0 Å². The van der Waals surface area contributed by atoms with Crippen molar-refractivity contribution in [3.63, 3.8) is 0 Å². The SMILES string of the molecule is COC(=O)CS(=O)(=O)NC1CNC1. The van der Waals surface area contributed by atoms with Crippen LogP contribution in [-0.2, 0) is 19.6 Å². The van der Waals surface area contributed by atoms with E-state index in [0.717, 1.165) is 7.11 Å². The molecule has 0 radical (unpaired) electrons. The Morgan fingerprint density at radius 2 is 2.23 bits per heavy atom. The number of carbonyl (C=O) groups excluding carboxylic acids is 1. The molecular weight excluding hydrogens is 196 g/mol. The first-order valence-electron chi connectivity index (χ1n) is 3.81. The molecule has 0 saturated carbocycles. The maximum Gasteiger partial charge on any atom is 0.322 e. The molecule has 76 valence electrons. The molecule has 0 aromatic rings. The summed E-state index contributed by atoms with van der Waals surface area (Å²) < 4.78 is 28.9. The van der Waals surface area contributed by atoms with Crippen LogP contribution in [0.25, 0.3) is 0 Å². The standard InChI is InChI=1S/C6H12N2O4S/c1-12-6(9)4-13(10,11)8-5-2-7-3-5/h5,7-8H,2-4H2,1H3. The zero-order valence-corrected chi connectivity index (χ0v) is 8.06. The van der Waals surface area contributed by atoms with Crippen LogP contribution in [0.15, 0.2) is 0 Å². The van der Waals surface area contributed by atoms with Gasteiger partial charge in [0.2, 0.25) is 10.0 Å². The Kier molecular flexibility index (Phi) is 3.23. The number of esters is 1. The van der Waals surface area contributed by atoms with Crippen molar-refractivity contribution in [1.82, 2.24) is 10.0 Å². The number of ether oxygens (including phenoxy) is 1. The van der Waals surface area contributed by atoms with Crippen LogP contribution in [0.3, 0.4) is 0 Å². The fourth-order valence-corrected chi connectivity index (χ4v) is 2.07. The molecule has 0 unspecified atom stereocenters. The molecule has 0 spiro atoms. The minimum absolute atomic E-state index is 0.0883. The molecule has 2 N–H and O–H groups in total. The Bertz CT molecular complexity index is 283. The van der Waals surface area contributed by atoms with E-state index < -0.39 is 21.7 Å². The van der Waals surface area contributed by atoms with E-state index in [1.165, 1.54) is 0 Å². The molecule has 1 fully saturated rings. The molecule has 1 aliphatic rings. The van der Waals surface area contributed by atoms with Crippen LogP contribution >= 0.6 is 0 Å². The van der Waals surface area contributed by atoms with Gasteiger partial charge in [-0.3, -0.25) is 4.79 Å². The normalized spacial score (nSPS) is 17.9. The lowest BCUT2D eigenvalue weighted by atomic mass is 10.2. The summed E-state index contributed by atoms with van der Waals surface area (Å²) in [7, 11) is -2.36. The van der Waals surface area contributed by atoms with Crippen molar-refractivity contribution >= 4 is 16.0 Å². The third-order valence-electron chi connectivity index (χ3n) is 1.66. The maximum absolute atomic E-state index is 11.2. The van der Waals surface area contributed by atoms with E-state index >= 15 is 0 Å². The van der Waals surface area contributed by atoms with Crippen LogP contribution < -0.4 is 10.0 Å². The largest absolute Gasteiger partial charge is 0.468 e. The third-order valence-corrected chi connectivity index (χ3v) is 2.97. The van der Waals surface area contributed by atoms with E-state index in [2.05, 4.69) is 14.8 Å². The minimum Gasteiger partial charge on any atom is -0.468 e. The topological polar surface area (TPSA) is 84.5 Å². The van der Waals surface area contributed by atoms with E-state index in [1.807, 2.05) is 0 Å². The van der Waals surface area contributed by atoms with Gasteiger partial charge in [-0.05, 0) is 0 Å². The molecule has 1 aliphatic heterocycles. The van der Waals surface area contributed by atoms with Crippen molar-refractivity contribution in [2.45, 2.75) is 6.04 Å².